The third kappa shape index (κ3) is 6.24. The Morgan fingerprint density at radius 1 is 0.947 bits per heavy atom. The number of ether oxygens (including phenoxy) is 1. The van der Waals surface area contributed by atoms with E-state index in [1.807, 2.05) is 0 Å². The number of nitrogens with zero attached hydrogens (tertiary/aromatic N) is 1. The van der Waals surface area contributed by atoms with Gasteiger partial charge in [-0.2, -0.15) is 4.31 Å². The average Bonchev–Trinajstić information content (AvgIpc) is 2.91. The lowest BCUT2D eigenvalue weighted by Crippen LogP contribution is -2.43. The van der Waals surface area contributed by atoms with Crippen LogP contribution in [0.15, 0.2) is 76.5 Å². The van der Waals surface area contributed by atoms with Crippen LogP contribution in [0.2, 0.25) is 10.0 Å². The molecule has 202 valence electrons. The summed E-state index contributed by atoms with van der Waals surface area (Å²) in [5, 5.41) is 3.04. The molecule has 0 radical (unpaired) electrons. The molecular weight excluding hydrogens is 573 g/mol. The summed E-state index contributed by atoms with van der Waals surface area (Å²) in [6, 6.07) is 16.3. The maximum atomic E-state index is 13.1. The van der Waals surface area contributed by atoms with Crippen LogP contribution in [-0.4, -0.2) is 47.2 Å². The number of nitrogens with one attached hydrogen (secondary N) is 2. The number of hydrogen-bond donors (Lipinski definition) is 2. The van der Waals surface area contributed by atoms with Crippen LogP contribution in [0, 0.1) is 5.92 Å². The van der Waals surface area contributed by atoms with Gasteiger partial charge in [0.05, 0.1) is 38.6 Å². The Labute approximate surface area is 231 Å². The second kappa shape index (κ2) is 11.5. The number of carbonyl (C=O) groups excluding carboxylic acids is 1. The predicted octanol–water partition coefficient (Wildman–Crippen LogP) is 4.84. The fourth-order valence-electron chi connectivity index (χ4n) is 4.02. The standard InChI is InChI=1S/C25H25Cl2N3O6S2/c1-36-19-9-13-21(14-10-19)38(34,35)30-15-3-4-17(16-30)25(31)28-18-7-11-20(12-8-18)37(32,33)29-23-6-2-5-22(26)24(23)27/h2,5-14,17,29H,3-4,15-16H2,1H3,(H,28,31)/t17-/m1/s1. The van der Waals surface area contributed by atoms with Crippen LogP contribution in [-0.2, 0) is 24.8 Å². The molecule has 0 bridgehead atoms. The summed E-state index contributed by atoms with van der Waals surface area (Å²) in [4.78, 5) is 13.0. The average molecular weight is 599 g/mol. The zero-order valence-electron chi connectivity index (χ0n) is 20.2. The van der Waals surface area contributed by atoms with E-state index in [2.05, 4.69) is 10.0 Å². The molecular formula is C25H25Cl2N3O6S2. The molecule has 1 saturated heterocycles. The summed E-state index contributed by atoms with van der Waals surface area (Å²) in [5.41, 5.74) is 0.521. The number of amides is 1. The van der Waals surface area contributed by atoms with Gasteiger partial charge < -0.3 is 10.1 Å². The van der Waals surface area contributed by atoms with E-state index in [0.717, 1.165) is 0 Å². The van der Waals surface area contributed by atoms with Crippen molar-refractivity contribution in [1.29, 1.82) is 0 Å². The molecule has 1 fully saturated rings. The predicted molar refractivity (Wildman–Crippen MR) is 147 cm³/mol. The van der Waals surface area contributed by atoms with Crippen molar-refractivity contribution < 1.29 is 26.4 Å². The van der Waals surface area contributed by atoms with Crippen LogP contribution in [0.5, 0.6) is 5.75 Å². The summed E-state index contributed by atoms with van der Waals surface area (Å²) < 4.78 is 60.5. The molecule has 1 atom stereocenters. The minimum absolute atomic E-state index is 0.0387. The monoisotopic (exact) mass is 597 g/mol. The van der Waals surface area contributed by atoms with Crippen molar-refractivity contribution in [3.8, 4) is 5.75 Å². The molecule has 2 N–H and O–H groups in total. The van der Waals surface area contributed by atoms with Crippen molar-refractivity contribution in [2.75, 3.05) is 30.2 Å². The van der Waals surface area contributed by atoms with Gasteiger partial charge in [-0.3, -0.25) is 9.52 Å². The quantitative estimate of drug-likeness (QED) is 0.383. The van der Waals surface area contributed by atoms with Gasteiger partial charge in [-0.05, 0) is 73.5 Å². The fourth-order valence-corrected chi connectivity index (χ4v) is 7.02. The Kier molecular flexibility index (Phi) is 8.53. The minimum Gasteiger partial charge on any atom is -0.497 e. The van der Waals surface area contributed by atoms with Gasteiger partial charge in [0.1, 0.15) is 5.75 Å². The number of rotatable bonds is 8. The van der Waals surface area contributed by atoms with Crippen molar-refractivity contribution in [3.63, 3.8) is 0 Å². The highest BCUT2D eigenvalue weighted by Gasteiger charge is 2.33. The Bertz CT molecular complexity index is 1530. The van der Waals surface area contributed by atoms with E-state index in [1.54, 1.807) is 24.3 Å². The summed E-state index contributed by atoms with van der Waals surface area (Å²) in [6.07, 6.45) is 1.06. The van der Waals surface area contributed by atoms with Gasteiger partial charge >= 0.3 is 0 Å². The van der Waals surface area contributed by atoms with Crippen LogP contribution in [0.4, 0.5) is 11.4 Å². The zero-order chi connectivity index (χ0) is 27.5. The third-order valence-corrected chi connectivity index (χ3v) is 10.2. The number of hydrogen-bond acceptors (Lipinski definition) is 6. The summed E-state index contributed by atoms with van der Waals surface area (Å²) >= 11 is 12.0. The van der Waals surface area contributed by atoms with E-state index in [-0.39, 0.29) is 38.0 Å². The maximum absolute atomic E-state index is 13.1. The number of sulfonamides is 2. The van der Waals surface area contributed by atoms with Crippen LogP contribution in [0.25, 0.3) is 0 Å². The molecule has 0 aliphatic carbocycles. The Balaban J connectivity index is 1.41. The topological polar surface area (TPSA) is 122 Å². The maximum Gasteiger partial charge on any atom is 0.261 e. The lowest BCUT2D eigenvalue weighted by Gasteiger charge is -2.31. The Morgan fingerprint density at radius 3 is 2.26 bits per heavy atom. The lowest BCUT2D eigenvalue weighted by atomic mass is 9.99. The van der Waals surface area contributed by atoms with Gasteiger partial charge in [-0.1, -0.05) is 29.3 Å². The van der Waals surface area contributed by atoms with Gasteiger partial charge in [-0.25, -0.2) is 16.8 Å². The van der Waals surface area contributed by atoms with Crippen LogP contribution >= 0.6 is 23.2 Å². The van der Waals surface area contributed by atoms with E-state index in [4.69, 9.17) is 27.9 Å². The molecule has 0 spiro atoms. The number of methoxy groups -OCH3 is 1. The highest BCUT2D eigenvalue weighted by Crippen LogP contribution is 2.31. The van der Waals surface area contributed by atoms with Crippen molar-refractivity contribution in [3.05, 3.63) is 76.8 Å². The number of carbonyl (C=O) groups is 1. The normalized spacial score (nSPS) is 16.6. The van der Waals surface area contributed by atoms with Gasteiger partial charge in [0.15, 0.2) is 0 Å². The van der Waals surface area contributed by atoms with E-state index in [9.17, 15) is 21.6 Å². The molecule has 1 heterocycles. The number of piperidine rings is 1. The second-order valence-electron chi connectivity index (χ2n) is 8.60. The van der Waals surface area contributed by atoms with Gasteiger partial charge in [0.2, 0.25) is 15.9 Å². The first-order valence-electron chi connectivity index (χ1n) is 11.5. The number of halogens is 2. The molecule has 0 unspecified atom stereocenters. The molecule has 3 aromatic rings. The molecule has 1 aliphatic heterocycles. The first kappa shape index (κ1) is 28.2. The highest BCUT2D eigenvalue weighted by atomic mass is 35.5. The molecule has 0 saturated carbocycles. The van der Waals surface area contributed by atoms with Crippen LogP contribution in [0.1, 0.15) is 12.8 Å². The molecule has 3 aromatic carbocycles. The van der Waals surface area contributed by atoms with Crippen LogP contribution in [0.3, 0.4) is 0 Å². The molecule has 38 heavy (non-hydrogen) atoms. The molecule has 0 aromatic heterocycles. The molecule has 4 rings (SSSR count). The second-order valence-corrected chi connectivity index (χ2v) is 13.0. The van der Waals surface area contributed by atoms with E-state index < -0.39 is 26.0 Å². The van der Waals surface area contributed by atoms with Crippen molar-refractivity contribution in [1.82, 2.24) is 4.31 Å². The van der Waals surface area contributed by atoms with E-state index >= 15 is 0 Å². The van der Waals surface area contributed by atoms with Crippen LogP contribution < -0.4 is 14.8 Å². The zero-order valence-corrected chi connectivity index (χ0v) is 23.4. The smallest absolute Gasteiger partial charge is 0.261 e. The number of anilines is 2. The lowest BCUT2D eigenvalue weighted by molar-refractivity contribution is -0.120. The molecule has 1 amide bonds. The fraction of sp³-hybridized carbons (Fsp3) is 0.240. The highest BCUT2D eigenvalue weighted by molar-refractivity contribution is 7.92. The van der Waals surface area contributed by atoms with Gasteiger partial charge in [0.25, 0.3) is 10.0 Å². The van der Waals surface area contributed by atoms with Gasteiger partial charge in [-0.15, -0.1) is 0 Å². The molecule has 9 nitrogen and oxygen atoms in total. The first-order valence-corrected chi connectivity index (χ1v) is 15.2. The van der Waals surface area contributed by atoms with Crippen molar-refractivity contribution in [2.45, 2.75) is 22.6 Å². The Morgan fingerprint density at radius 2 is 1.61 bits per heavy atom. The summed E-state index contributed by atoms with van der Waals surface area (Å²) in [5.74, 6) is -0.367. The SMILES string of the molecule is COc1ccc(S(=O)(=O)N2CCC[C@@H](C(=O)Nc3ccc(S(=O)(=O)Nc4cccc(Cl)c4Cl)cc3)C2)cc1. The Hall–Kier alpha value is -2.83. The third-order valence-electron chi connectivity index (χ3n) is 6.08. The van der Waals surface area contributed by atoms with Crippen molar-refractivity contribution >= 4 is 60.5 Å². The molecule has 13 heteroatoms. The minimum atomic E-state index is -3.96. The van der Waals surface area contributed by atoms with Crippen molar-refractivity contribution in [2.24, 2.45) is 5.92 Å². The van der Waals surface area contributed by atoms with Gasteiger partial charge in [0, 0.05) is 18.8 Å². The first-order chi connectivity index (χ1) is 18.0. The van der Waals surface area contributed by atoms with E-state index in [1.165, 1.54) is 53.9 Å². The summed E-state index contributed by atoms with van der Waals surface area (Å²) in [7, 11) is -6.24. The summed E-state index contributed by atoms with van der Waals surface area (Å²) in [6.45, 7) is 0.352. The number of benzene rings is 3. The molecule has 1 aliphatic rings. The van der Waals surface area contributed by atoms with E-state index in [0.29, 0.717) is 30.8 Å². The largest absolute Gasteiger partial charge is 0.497 e.